The van der Waals surface area contributed by atoms with Gasteiger partial charge in [-0.25, -0.2) is 0 Å². The number of hydrogen-bond acceptors (Lipinski definition) is 5. The average molecular weight is 440 g/mol. The van der Waals surface area contributed by atoms with E-state index in [-0.39, 0.29) is 28.3 Å². The number of nitrogens with zero attached hydrogens (tertiary/aromatic N) is 1. The molecular formula is C21H16ClN4O5+. The lowest BCUT2D eigenvalue weighted by molar-refractivity contribution is -0.884. The van der Waals surface area contributed by atoms with Crippen LogP contribution in [-0.2, 0) is 14.4 Å². The quantitative estimate of drug-likeness (QED) is 0.375. The van der Waals surface area contributed by atoms with Gasteiger partial charge in [-0.1, -0.05) is 35.9 Å². The largest absolute Gasteiger partial charge is 0.321 e. The fourth-order valence-electron chi connectivity index (χ4n) is 4.92. The zero-order valence-electron chi connectivity index (χ0n) is 15.9. The van der Waals surface area contributed by atoms with Gasteiger partial charge in [0.05, 0.1) is 11.1 Å². The molecule has 5 atom stereocenters. The van der Waals surface area contributed by atoms with Crippen molar-refractivity contribution < 1.29 is 24.2 Å². The molecule has 3 N–H and O–H groups in total. The standard InChI is InChI=1S/C21H15ClN4O5/c22-13-6-5-11(9-14(13)26(30)31)23-21(29)18-16-15(19(27)24-20(16)28)17-12-4-2-1-3-10(12)7-8-25(17)18/h1-9,15-18H,(H,23,29)(H,24,27,28)/p+1/t15-,16+,17+,18+/m0/s1. The maximum Gasteiger partial charge on any atom is 0.289 e. The molecule has 2 aromatic rings. The van der Waals surface area contributed by atoms with Gasteiger partial charge in [0.2, 0.25) is 11.8 Å². The molecule has 10 heteroatoms. The van der Waals surface area contributed by atoms with E-state index in [1.165, 1.54) is 18.2 Å². The van der Waals surface area contributed by atoms with Crippen LogP contribution in [0, 0.1) is 22.0 Å². The number of nitrogens with one attached hydrogen (secondary N) is 3. The molecule has 0 spiro atoms. The summed E-state index contributed by atoms with van der Waals surface area (Å²) in [7, 11) is 0. The highest BCUT2D eigenvalue weighted by Gasteiger charge is 2.65. The minimum Gasteiger partial charge on any atom is -0.321 e. The lowest BCUT2D eigenvalue weighted by Gasteiger charge is -2.29. The second-order valence-corrected chi connectivity index (χ2v) is 8.14. The van der Waals surface area contributed by atoms with E-state index in [0.717, 1.165) is 11.1 Å². The fourth-order valence-corrected chi connectivity index (χ4v) is 5.10. The lowest BCUT2D eigenvalue weighted by atomic mass is 9.84. The number of amides is 3. The van der Waals surface area contributed by atoms with E-state index in [4.69, 9.17) is 11.6 Å². The van der Waals surface area contributed by atoms with Crippen molar-refractivity contribution in [1.29, 1.82) is 0 Å². The SMILES string of the molecule is O=C1NC(=O)[C@H]2[C@@H]1[C@H](C(=O)Nc1ccc(Cl)c([N+](=O)[O-])c1)[NH+]1C=Cc3ccccc3[C@H]21. The minimum atomic E-state index is -0.874. The summed E-state index contributed by atoms with van der Waals surface area (Å²) in [6, 6.07) is 10.3. The highest BCUT2D eigenvalue weighted by Crippen LogP contribution is 2.40. The van der Waals surface area contributed by atoms with Crippen LogP contribution in [0.2, 0.25) is 5.02 Å². The summed E-state index contributed by atoms with van der Waals surface area (Å²) in [5.41, 5.74) is 1.69. The second-order valence-electron chi connectivity index (χ2n) is 7.74. The summed E-state index contributed by atoms with van der Waals surface area (Å²) in [5, 5.41) is 16.1. The topological polar surface area (TPSA) is 123 Å². The van der Waals surface area contributed by atoms with Crippen LogP contribution in [0.15, 0.2) is 48.7 Å². The van der Waals surface area contributed by atoms with Crippen molar-refractivity contribution in [2.24, 2.45) is 11.8 Å². The molecule has 3 heterocycles. The number of anilines is 1. The molecule has 3 aliphatic heterocycles. The Morgan fingerprint density at radius 3 is 2.65 bits per heavy atom. The molecule has 9 nitrogen and oxygen atoms in total. The molecule has 0 aliphatic carbocycles. The van der Waals surface area contributed by atoms with Gasteiger partial charge in [0, 0.05) is 17.3 Å². The maximum atomic E-state index is 13.3. The van der Waals surface area contributed by atoms with Crippen molar-refractivity contribution in [2.75, 3.05) is 5.32 Å². The number of nitro benzene ring substituents is 1. The Labute approximate surface area is 180 Å². The predicted molar refractivity (Wildman–Crippen MR) is 110 cm³/mol. The molecule has 0 radical (unpaired) electrons. The van der Waals surface area contributed by atoms with Gasteiger partial charge >= 0.3 is 0 Å². The smallest absolute Gasteiger partial charge is 0.289 e. The molecular weight excluding hydrogens is 424 g/mol. The van der Waals surface area contributed by atoms with Gasteiger partial charge in [-0.2, -0.15) is 0 Å². The lowest BCUT2D eigenvalue weighted by Crippen LogP contribution is -3.12. The first kappa shape index (κ1) is 19.4. The first-order valence-electron chi connectivity index (χ1n) is 9.60. The third-order valence-electron chi connectivity index (χ3n) is 6.15. The Hall–Kier alpha value is -3.56. The number of carbonyl (C=O) groups is 3. The molecule has 0 saturated carbocycles. The van der Waals surface area contributed by atoms with Crippen LogP contribution in [0.1, 0.15) is 17.2 Å². The van der Waals surface area contributed by atoms with Gasteiger partial charge in [-0.15, -0.1) is 0 Å². The van der Waals surface area contributed by atoms with Gasteiger partial charge < -0.3 is 5.32 Å². The van der Waals surface area contributed by atoms with E-state index in [1.54, 1.807) is 6.20 Å². The number of rotatable bonds is 3. The number of carbonyl (C=O) groups excluding carboxylic acids is 3. The molecule has 31 heavy (non-hydrogen) atoms. The van der Waals surface area contributed by atoms with Crippen molar-refractivity contribution in [3.8, 4) is 0 Å². The Morgan fingerprint density at radius 1 is 1.13 bits per heavy atom. The summed E-state index contributed by atoms with van der Waals surface area (Å²) in [6.45, 7) is 0. The van der Waals surface area contributed by atoms with Gasteiger partial charge in [-0.3, -0.25) is 34.7 Å². The van der Waals surface area contributed by atoms with Crippen molar-refractivity contribution in [3.05, 3.63) is 74.9 Å². The first-order valence-corrected chi connectivity index (χ1v) is 9.98. The Kier molecular flexibility index (Phi) is 4.38. The fraction of sp³-hybridized carbons (Fsp3) is 0.190. The average Bonchev–Trinajstić information content (AvgIpc) is 3.24. The predicted octanol–water partition coefficient (Wildman–Crippen LogP) is 1.07. The zero-order chi connectivity index (χ0) is 21.9. The number of imide groups is 1. The zero-order valence-corrected chi connectivity index (χ0v) is 16.6. The van der Waals surface area contributed by atoms with Crippen molar-refractivity contribution >= 4 is 46.8 Å². The van der Waals surface area contributed by atoms with Crippen LogP contribution < -0.4 is 15.5 Å². The second kappa shape index (κ2) is 7.00. The molecule has 2 aromatic carbocycles. The van der Waals surface area contributed by atoms with Crippen LogP contribution in [0.5, 0.6) is 0 Å². The Balaban J connectivity index is 1.52. The molecule has 0 aromatic heterocycles. The van der Waals surface area contributed by atoms with Gasteiger partial charge in [0.15, 0.2) is 6.04 Å². The van der Waals surface area contributed by atoms with Crippen molar-refractivity contribution in [2.45, 2.75) is 12.1 Å². The molecule has 0 bridgehead atoms. The summed E-state index contributed by atoms with van der Waals surface area (Å²) in [5.74, 6) is -2.89. The number of fused-ring (bicyclic) bond motifs is 5. The minimum absolute atomic E-state index is 0.0500. The molecule has 1 unspecified atom stereocenters. The van der Waals surface area contributed by atoms with E-state index >= 15 is 0 Å². The molecule has 3 amide bonds. The number of quaternary nitrogens is 1. The highest BCUT2D eigenvalue weighted by atomic mass is 35.5. The van der Waals surface area contributed by atoms with Gasteiger partial charge in [-0.05, 0) is 23.8 Å². The molecule has 2 saturated heterocycles. The highest BCUT2D eigenvalue weighted by molar-refractivity contribution is 6.32. The van der Waals surface area contributed by atoms with E-state index in [9.17, 15) is 24.5 Å². The molecule has 2 fully saturated rings. The third kappa shape index (κ3) is 2.93. The maximum absolute atomic E-state index is 13.3. The van der Waals surface area contributed by atoms with E-state index < -0.39 is 34.6 Å². The summed E-state index contributed by atoms with van der Waals surface area (Å²) >= 11 is 5.84. The third-order valence-corrected chi connectivity index (χ3v) is 6.47. The number of hydrogen-bond donors (Lipinski definition) is 3. The number of nitro groups is 1. The summed E-state index contributed by atoms with van der Waals surface area (Å²) in [6.07, 6.45) is 3.68. The normalized spacial score (nSPS) is 27.8. The summed E-state index contributed by atoms with van der Waals surface area (Å²) < 4.78 is 0. The van der Waals surface area contributed by atoms with Crippen LogP contribution >= 0.6 is 11.6 Å². The summed E-state index contributed by atoms with van der Waals surface area (Å²) in [4.78, 5) is 49.7. The Bertz CT molecular complexity index is 1200. The van der Waals surface area contributed by atoms with E-state index in [1.807, 2.05) is 30.3 Å². The monoisotopic (exact) mass is 439 g/mol. The van der Waals surface area contributed by atoms with Gasteiger partial charge in [0.25, 0.3) is 11.6 Å². The van der Waals surface area contributed by atoms with Gasteiger partial charge in [0.1, 0.15) is 22.9 Å². The Morgan fingerprint density at radius 2 is 1.87 bits per heavy atom. The number of benzene rings is 2. The van der Waals surface area contributed by atoms with Crippen LogP contribution in [0.4, 0.5) is 11.4 Å². The van der Waals surface area contributed by atoms with E-state index in [0.29, 0.717) is 4.90 Å². The first-order chi connectivity index (χ1) is 14.9. The van der Waals surface area contributed by atoms with Crippen molar-refractivity contribution in [1.82, 2.24) is 5.32 Å². The van der Waals surface area contributed by atoms with Crippen molar-refractivity contribution in [3.63, 3.8) is 0 Å². The number of halogens is 1. The van der Waals surface area contributed by atoms with Crippen LogP contribution in [0.3, 0.4) is 0 Å². The van der Waals surface area contributed by atoms with Crippen LogP contribution in [-0.4, -0.2) is 28.7 Å². The molecule has 156 valence electrons. The molecule has 5 rings (SSSR count). The van der Waals surface area contributed by atoms with Crippen LogP contribution in [0.25, 0.3) is 6.08 Å². The molecule has 3 aliphatic rings. The van der Waals surface area contributed by atoms with E-state index in [2.05, 4.69) is 10.6 Å².